The zero-order valence-electron chi connectivity index (χ0n) is 11.7. The molecule has 0 unspecified atom stereocenters. The third-order valence-corrected chi connectivity index (χ3v) is 4.14. The van der Waals surface area contributed by atoms with Gasteiger partial charge in [-0.25, -0.2) is 0 Å². The van der Waals surface area contributed by atoms with Gasteiger partial charge in [0.25, 0.3) is 0 Å². The Morgan fingerprint density at radius 3 is 3.11 bits per heavy atom. The number of para-hydroxylation sites is 1. The lowest BCUT2D eigenvalue weighted by atomic mass is 10.1. The number of aromatic amines is 1. The monoisotopic (exact) mass is 257 g/mol. The molecule has 1 fully saturated rings. The summed E-state index contributed by atoms with van der Waals surface area (Å²) in [6.45, 7) is 8.05. The summed E-state index contributed by atoms with van der Waals surface area (Å²) in [6, 6.07) is 6.56. The van der Waals surface area contributed by atoms with E-state index in [-0.39, 0.29) is 0 Å². The molecule has 3 nitrogen and oxygen atoms in total. The van der Waals surface area contributed by atoms with Gasteiger partial charge in [0.15, 0.2) is 0 Å². The van der Waals surface area contributed by atoms with E-state index in [1.165, 1.54) is 54.6 Å². The van der Waals surface area contributed by atoms with Gasteiger partial charge in [-0.3, -0.25) is 0 Å². The first kappa shape index (κ1) is 12.7. The molecule has 0 bridgehead atoms. The quantitative estimate of drug-likeness (QED) is 0.884. The van der Waals surface area contributed by atoms with Crippen molar-refractivity contribution in [2.75, 3.05) is 32.7 Å². The average Bonchev–Trinajstić information content (AvgIpc) is 2.67. The van der Waals surface area contributed by atoms with Crippen LogP contribution in [0.2, 0.25) is 0 Å². The zero-order chi connectivity index (χ0) is 13.1. The highest BCUT2D eigenvalue weighted by Crippen LogP contribution is 2.21. The molecule has 1 aliphatic heterocycles. The van der Waals surface area contributed by atoms with Crippen molar-refractivity contribution in [1.29, 1.82) is 0 Å². The largest absolute Gasteiger partial charge is 0.361 e. The molecule has 3 heteroatoms. The highest BCUT2D eigenvalue weighted by atomic mass is 15.1. The third kappa shape index (κ3) is 2.82. The summed E-state index contributed by atoms with van der Waals surface area (Å²) in [5.41, 5.74) is 4.09. The van der Waals surface area contributed by atoms with Crippen LogP contribution in [-0.4, -0.2) is 42.6 Å². The topological polar surface area (TPSA) is 31.1 Å². The SMILES string of the molecule is Cc1cccc2c(CCN3CCCNCC3)c[nH]c12. The zero-order valence-corrected chi connectivity index (χ0v) is 11.7. The number of hydrogen-bond donors (Lipinski definition) is 2. The second-order valence-electron chi connectivity index (χ2n) is 5.51. The number of nitrogens with zero attached hydrogens (tertiary/aromatic N) is 1. The summed E-state index contributed by atoms with van der Waals surface area (Å²) in [5.74, 6) is 0. The van der Waals surface area contributed by atoms with Gasteiger partial charge in [-0.2, -0.15) is 0 Å². The number of benzene rings is 1. The van der Waals surface area contributed by atoms with Crippen molar-refractivity contribution in [2.24, 2.45) is 0 Å². The van der Waals surface area contributed by atoms with Crippen LogP contribution in [0.15, 0.2) is 24.4 Å². The summed E-state index contributed by atoms with van der Waals surface area (Å²) in [7, 11) is 0. The van der Waals surface area contributed by atoms with E-state index in [1.54, 1.807) is 0 Å². The predicted octanol–water partition coefficient (Wildman–Crippen LogP) is 2.31. The molecule has 1 aliphatic rings. The van der Waals surface area contributed by atoms with Crippen LogP contribution in [0.5, 0.6) is 0 Å². The summed E-state index contributed by atoms with van der Waals surface area (Å²) >= 11 is 0. The Bertz CT molecular complexity index is 536. The van der Waals surface area contributed by atoms with Gasteiger partial charge in [-0.1, -0.05) is 18.2 Å². The smallest absolute Gasteiger partial charge is 0.0486 e. The molecule has 2 heterocycles. The van der Waals surface area contributed by atoms with Gasteiger partial charge in [0.1, 0.15) is 0 Å². The summed E-state index contributed by atoms with van der Waals surface area (Å²) in [5, 5.41) is 4.86. The molecule has 2 aromatic rings. The second-order valence-corrected chi connectivity index (χ2v) is 5.51. The number of nitrogens with one attached hydrogen (secondary N) is 2. The van der Waals surface area contributed by atoms with Crippen LogP contribution in [0.25, 0.3) is 10.9 Å². The number of H-pyrrole nitrogens is 1. The van der Waals surface area contributed by atoms with Crippen molar-refractivity contribution in [3.05, 3.63) is 35.5 Å². The van der Waals surface area contributed by atoms with Crippen molar-refractivity contribution in [3.63, 3.8) is 0 Å². The molecule has 0 amide bonds. The minimum atomic E-state index is 1.13. The van der Waals surface area contributed by atoms with E-state index in [2.05, 4.69) is 46.5 Å². The van der Waals surface area contributed by atoms with Gasteiger partial charge in [0, 0.05) is 36.7 Å². The van der Waals surface area contributed by atoms with E-state index < -0.39 is 0 Å². The van der Waals surface area contributed by atoms with Crippen LogP contribution in [0, 0.1) is 6.92 Å². The maximum atomic E-state index is 3.46. The predicted molar refractivity (Wildman–Crippen MR) is 80.7 cm³/mol. The van der Waals surface area contributed by atoms with E-state index in [4.69, 9.17) is 0 Å². The number of fused-ring (bicyclic) bond motifs is 1. The fourth-order valence-electron chi connectivity index (χ4n) is 2.97. The first-order chi connectivity index (χ1) is 9.34. The van der Waals surface area contributed by atoms with Crippen molar-refractivity contribution < 1.29 is 0 Å². The fourth-order valence-corrected chi connectivity index (χ4v) is 2.97. The van der Waals surface area contributed by atoms with Gasteiger partial charge < -0.3 is 15.2 Å². The molecule has 1 aromatic heterocycles. The number of rotatable bonds is 3. The molecule has 3 rings (SSSR count). The van der Waals surface area contributed by atoms with E-state index in [0.717, 1.165) is 13.0 Å². The van der Waals surface area contributed by atoms with Crippen LogP contribution in [0.3, 0.4) is 0 Å². The molecular weight excluding hydrogens is 234 g/mol. The normalized spacial score (nSPS) is 17.7. The first-order valence-corrected chi connectivity index (χ1v) is 7.33. The van der Waals surface area contributed by atoms with Gasteiger partial charge in [0.05, 0.1) is 0 Å². The molecular formula is C16H23N3. The molecule has 1 aromatic carbocycles. The molecule has 0 saturated carbocycles. The van der Waals surface area contributed by atoms with Crippen LogP contribution < -0.4 is 5.32 Å². The summed E-state index contributed by atoms with van der Waals surface area (Å²) in [6.07, 6.45) is 4.60. The fraction of sp³-hybridized carbons (Fsp3) is 0.500. The van der Waals surface area contributed by atoms with Crippen molar-refractivity contribution in [2.45, 2.75) is 19.8 Å². The van der Waals surface area contributed by atoms with Gasteiger partial charge in [-0.15, -0.1) is 0 Å². The third-order valence-electron chi connectivity index (χ3n) is 4.14. The number of aromatic nitrogens is 1. The van der Waals surface area contributed by atoms with Crippen LogP contribution in [0.4, 0.5) is 0 Å². The highest BCUT2D eigenvalue weighted by Gasteiger charge is 2.10. The lowest BCUT2D eigenvalue weighted by molar-refractivity contribution is 0.296. The van der Waals surface area contributed by atoms with E-state index >= 15 is 0 Å². The lowest BCUT2D eigenvalue weighted by Crippen LogP contribution is -2.30. The molecule has 2 N–H and O–H groups in total. The van der Waals surface area contributed by atoms with Crippen molar-refractivity contribution in [1.82, 2.24) is 15.2 Å². The number of aryl methyl sites for hydroxylation is 1. The lowest BCUT2D eigenvalue weighted by Gasteiger charge is -2.18. The van der Waals surface area contributed by atoms with Crippen molar-refractivity contribution in [3.8, 4) is 0 Å². The molecule has 0 radical (unpaired) electrons. The Labute approximate surface area is 115 Å². The highest BCUT2D eigenvalue weighted by molar-refractivity contribution is 5.85. The van der Waals surface area contributed by atoms with Gasteiger partial charge >= 0.3 is 0 Å². The molecule has 19 heavy (non-hydrogen) atoms. The van der Waals surface area contributed by atoms with Crippen LogP contribution >= 0.6 is 0 Å². The Morgan fingerprint density at radius 2 is 2.16 bits per heavy atom. The maximum absolute atomic E-state index is 3.46. The Balaban J connectivity index is 1.69. The van der Waals surface area contributed by atoms with Gasteiger partial charge in [-0.05, 0) is 44.0 Å². The minimum absolute atomic E-state index is 1.13. The van der Waals surface area contributed by atoms with E-state index in [0.29, 0.717) is 0 Å². The average molecular weight is 257 g/mol. The Hall–Kier alpha value is -1.32. The van der Waals surface area contributed by atoms with E-state index in [1.807, 2.05) is 0 Å². The molecule has 1 saturated heterocycles. The Morgan fingerprint density at radius 1 is 1.21 bits per heavy atom. The maximum Gasteiger partial charge on any atom is 0.0486 e. The van der Waals surface area contributed by atoms with Crippen LogP contribution in [0.1, 0.15) is 17.5 Å². The molecule has 102 valence electrons. The summed E-state index contributed by atoms with van der Waals surface area (Å²) in [4.78, 5) is 6.00. The van der Waals surface area contributed by atoms with Crippen LogP contribution in [-0.2, 0) is 6.42 Å². The molecule has 0 aliphatic carbocycles. The van der Waals surface area contributed by atoms with E-state index in [9.17, 15) is 0 Å². The molecule has 0 spiro atoms. The summed E-state index contributed by atoms with van der Waals surface area (Å²) < 4.78 is 0. The first-order valence-electron chi connectivity index (χ1n) is 7.33. The standard InChI is InChI=1S/C16H23N3/c1-13-4-2-5-15-14(12-18-16(13)15)6-10-19-9-3-7-17-8-11-19/h2,4-5,12,17-18H,3,6-11H2,1H3. The van der Waals surface area contributed by atoms with Gasteiger partial charge in [0.2, 0.25) is 0 Å². The minimum Gasteiger partial charge on any atom is -0.361 e. The Kier molecular flexibility index (Phi) is 3.85. The number of hydrogen-bond acceptors (Lipinski definition) is 2. The van der Waals surface area contributed by atoms with Crippen molar-refractivity contribution >= 4 is 10.9 Å². The molecule has 0 atom stereocenters. The second kappa shape index (κ2) is 5.76.